The SMILES string of the molecule is NC(CCO)c1nc(CSc2ccccc2)no1. The lowest BCUT2D eigenvalue weighted by Gasteiger charge is -2.01. The molecule has 96 valence electrons. The van der Waals surface area contributed by atoms with E-state index < -0.39 is 6.04 Å². The van der Waals surface area contributed by atoms with Crippen molar-refractivity contribution in [1.82, 2.24) is 10.1 Å². The summed E-state index contributed by atoms with van der Waals surface area (Å²) in [6, 6.07) is 9.62. The molecule has 0 aliphatic rings. The molecule has 1 unspecified atom stereocenters. The van der Waals surface area contributed by atoms with Crippen molar-refractivity contribution >= 4 is 11.8 Å². The van der Waals surface area contributed by atoms with E-state index in [9.17, 15) is 0 Å². The molecule has 0 radical (unpaired) electrons. The fourth-order valence-electron chi connectivity index (χ4n) is 1.40. The molecule has 0 fully saturated rings. The summed E-state index contributed by atoms with van der Waals surface area (Å²) in [4.78, 5) is 5.37. The lowest BCUT2D eigenvalue weighted by molar-refractivity contribution is 0.259. The Kier molecular flexibility index (Phi) is 4.74. The van der Waals surface area contributed by atoms with Crippen LogP contribution in [0.2, 0.25) is 0 Å². The minimum atomic E-state index is -0.391. The average molecular weight is 265 g/mol. The topological polar surface area (TPSA) is 85.2 Å². The maximum Gasteiger partial charge on any atom is 0.243 e. The molecule has 1 aromatic heterocycles. The first kappa shape index (κ1) is 13.1. The summed E-state index contributed by atoms with van der Waals surface area (Å²) in [7, 11) is 0. The minimum absolute atomic E-state index is 0.0116. The number of nitrogens with zero attached hydrogens (tertiary/aromatic N) is 2. The Hall–Kier alpha value is -1.37. The molecule has 18 heavy (non-hydrogen) atoms. The zero-order valence-corrected chi connectivity index (χ0v) is 10.6. The molecule has 2 rings (SSSR count). The molecule has 0 aliphatic carbocycles. The molecule has 1 aromatic carbocycles. The van der Waals surface area contributed by atoms with Gasteiger partial charge in [0.1, 0.15) is 0 Å². The van der Waals surface area contributed by atoms with Crippen molar-refractivity contribution in [1.29, 1.82) is 0 Å². The Morgan fingerprint density at radius 3 is 2.83 bits per heavy atom. The molecular weight excluding hydrogens is 250 g/mol. The van der Waals surface area contributed by atoms with Crippen LogP contribution in [0.25, 0.3) is 0 Å². The number of rotatable bonds is 6. The molecular formula is C12H15N3O2S. The van der Waals surface area contributed by atoms with E-state index in [0.29, 0.717) is 23.9 Å². The van der Waals surface area contributed by atoms with Crippen molar-refractivity contribution < 1.29 is 9.63 Å². The van der Waals surface area contributed by atoms with Gasteiger partial charge in [-0.05, 0) is 18.6 Å². The minimum Gasteiger partial charge on any atom is -0.396 e. The predicted molar refractivity (Wildman–Crippen MR) is 68.9 cm³/mol. The molecule has 0 aliphatic heterocycles. The molecule has 2 aromatic rings. The highest BCUT2D eigenvalue weighted by Crippen LogP contribution is 2.21. The van der Waals surface area contributed by atoms with E-state index in [1.807, 2.05) is 30.3 Å². The van der Waals surface area contributed by atoms with Crippen molar-refractivity contribution in [2.24, 2.45) is 5.73 Å². The van der Waals surface area contributed by atoms with E-state index in [2.05, 4.69) is 10.1 Å². The molecule has 0 spiro atoms. The van der Waals surface area contributed by atoms with Gasteiger partial charge < -0.3 is 15.4 Å². The molecule has 0 saturated carbocycles. The van der Waals surface area contributed by atoms with Gasteiger partial charge in [0.25, 0.3) is 0 Å². The second-order valence-corrected chi connectivity index (χ2v) is 4.82. The standard InChI is InChI=1S/C12H15N3O2S/c13-10(6-7-16)12-14-11(15-17-12)8-18-9-4-2-1-3-5-9/h1-5,10,16H,6-8,13H2. The van der Waals surface area contributed by atoms with Crippen LogP contribution >= 0.6 is 11.8 Å². The zero-order chi connectivity index (χ0) is 12.8. The summed E-state index contributed by atoms with van der Waals surface area (Å²) in [5.41, 5.74) is 5.76. The van der Waals surface area contributed by atoms with Gasteiger partial charge in [0.15, 0.2) is 5.82 Å². The summed E-state index contributed by atoms with van der Waals surface area (Å²) in [6.07, 6.45) is 0.424. The van der Waals surface area contributed by atoms with Gasteiger partial charge in [0, 0.05) is 11.5 Å². The van der Waals surface area contributed by atoms with Gasteiger partial charge in [-0.2, -0.15) is 4.98 Å². The third-order valence-corrected chi connectivity index (χ3v) is 3.36. The summed E-state index contributed by atoms with van der Waals surface area (Å²) < 4.78 is 5.06. The van der Waals surface area contributed by atoms with Crippen molar-refractivity contribution in [2.75, 3.05) is 6.61 Å². The Balaban J connectivity index is 1.91. The Labute approximate surface area is 109 Å². The number of nitrogens with two attached hydrogens (primary N) is 1. The summed E-state index contributed by atoms with van der Waals surface area (Å²) in [6.45, 7) is 0.0116. The molecule has 0 amide bonds. The van der Waals surface area contributed by atoms with Gasteiger partial charge in [0.05, 0.1) is 11.8 Å². The van der Waals surface area contributed by atoms with Crippen LogP contribution in [0.1, 0.15) is 24.2 Å². The maximum absolute atomic E-state index is 8.78. The number of thioether (sulfide) groups is 1. The summed E-state index contributed by atoms with van der Waals surface area (Å²) in [5.74, 6) is 1.64. The number of hydrogen-bond acceptors (Lipinski definition) is 6. The van der Waals surface area contributed by atoms with E-state index in [0.717, 1.165) is 4.90 Å². The largest absolute Gasteiger partial charge is 0.396 e. The van der Waals surface area contributed by atoms with E-state index in [1.54, 1.807) is 11.8 Å². The molecule has 1 heterocycles. The van der Waals surface area contributed by atoms with Gasteiger partial charge in [0.2, 0.25) is 5.89 Å². The van der Waals surface area contributed by atoms with Gasteiger partial charge >= 0.3 is 0 Å². The van der Waals surface area contributed by atoms with Crippen LogP contribution in [0.3, 0.4) is 0 Å². The van der Waals surface area contributed by atoms with Crippen LogP contribution in [-0.4, -0.2) is 21.9 Å². The molecule has 3 N–H and O–H groups in total. The quantitative estimate of drug-likeness (QED) is 0.774. The third-order valence-electron chi connectivity index (χ3n) is 2.35. The second-order valence-electron chi connectivity index (χ2n) is 3.77. The molecule has 5 nitrogen and oxygen atoms in total. The number of aliphatic hydroxyl groups excluding tert-OH is 1. The first-order chi connectivity index (χ1) is 8.79. The molecule has 0 saturated heterocycles. The van der Waals surface area contributed by atoms with E-state index >= 15 is 0 Å². The van der Waals surface area contributed by atoms with Gasteiger partial charge in [-0.15, -0.1) is 11.8 Å². The molecule has 6 heteroatoms. The average Bonchev–Trinajstić information content (AvgIpc) is 2.87. The highest BCUT2D eigenvalue weighted by Gasteiger charge is 2.14. The van der Waals surface area contributed by atoms with Gasteiger partial charge in [-0.25, -0.2) is 0 Å². The first-order valence-electron chi connectivity index (χ1n) is 5.66. The van der Waals surface area contributed by atoms with Crippen molar-refractivity contribution in [3.63, 3.8) is 0 Å². The smallest absolute Gasteiger partial charge is 0.243 e. The van der Waals surface area contributed by atoms with E-state index in [4.69, 9.17) is 15.4 Å². The monoisotopic (exact) mass is 265 g/mol. The summed E-state index contributed by atoms with van der Waals surface area (Å²) in [5, 5.41) is 12.6. The van der Waals surface area contributed by atoms with E-state index in [-0.39, 0.29) is 6.61 Å². The third kappa shape index (κ3) is 3.56. The second kappa shape index (κ2) is 6.53. The highest BCUT2D eigenvalue weighted by atomic mass is 32.2. The Morgan fingerprint density at radius 1 is 1.33 bits per heavy atom. The zero-order valence-electron chi connectivity index (χ0n) is 9.82. The van der Waals surface area contributed by atoms with Crippen molar-refractivity contribution in [3.05, 3.63) is 42.0 Å². The number of benzene rings is 1. The van der Waals surface area contributed by atoms with Crippen LogP contribution in [0.4, 0.5) is 0 Å². The Morgan fingerprint density at radius 2 is 2.11 bits per heavy atom. The van der Waals surface area contributed by atoms with Gasteiger partial charge in [-0.3, -0.25) is 0 Å². The van der Waals surface area contributed by atoms with Crippen LogP contribution in [0.5, 0.6) is 0 Å². The van der Waals surface area contributed by atoms with Crippen LogP contribution in [0.15, 0.2) is 39.8 Å². The normalized spacial score (nSPS) is 12.6. The number of aliphatic hydroxyl groups is 1. The first-order valence-corrected chi connectivity index (χ1v) is 6.65. The van der Waals surface area contributed by atoms with Gasteiger partial charge in [-0.1, -0.05) is 23.4 Å². The van der Waals surface area contributed by atoms with Crippen LogP contribution in [-0.2, 0) is 5.75 Å². The molecule has 0 bridgehead atoms. The number of hydrogen-bond donors (Lipinski definition) is 2. The van der Waals surface area contributed by atoms with E-state index in [1.165, 1.54) is 0 Å². The fraction of sp³-hybridized carbons (Fsp3) is 0.333. The predicted octanol–water partition coefficient (Wildman–Crippen LogP) is 1.74. The number of aromatic nitrogens is 2. The van der Waals surface area contributed by atoms with Crippen LogP contribution in [0, 0.1) is 0 Å². The van der Waals surface area contributed by atoms with Crippen molar-refractivity contribution in [3.8, 4) is 0 Å². The Bertz CT molecular complexity index is 475. The fourth-order valence-corrected chi connectivity index (χ4v) is 2.17. The maximum atomic E-state index is 8.78. The lowest BCUT2D eigenvalue weighted by atomic mass is 10.2. The highest BCUT2D eigenvalue weighted by molar-refractivity contribution is 7.98. The molecule has 1 atom stereocenters. The lowest BCUT2D eigenvalue weighted by Crippen LogP contribution is -2.12. The van der Waals surface area contributed by atoms with Crippen LogP contribution < -0.4 is 5.73 Å². The summed E-state index contributed by atoms with van der Waals surface area (Å²) >= 11 is 1.64. The van der Waals surface area contributed by atoms with Crippen molar-refractivity contribution in [2.45, 2.75) is 23.1 Å².